The average Bonchev–Trinajstić information content (AvgIpc) is 3.01. The molecule has 0 saturated heterocycles. The quantitative estimate of drug-likeness (QED) is 0.803. The first kappa shape index (κ1) is 16.6. The second-order valence-corrected chi connectivity index (χ2v) is 6.61. The molecule has 24 heavy (non-hydrogen) atoms. The first-order valence-electron chi connectivity index (χ1n) is 7.76. The summed E-state index contributed by atoms with van der Waals surface area (Å²) >= 11 is 3.31. The summed E-state index contributed by atoms with van der Waals surface area (Å²) in [5.74, 6) is 1.14. The van der Waals surface area contributed by atoms with E-state index >= 15 is 0 Å². The van der Waals surface area contributed by atoms with Gasteiger partial charge >= 0.3 is 0 Å². The number of rotatable bonds is 4. The van der Waals surface area contributed by atoms with Crippen molar-refractivity contribution in [1.82, 2.24) is 14.7 Å². The van der Waals surface area contributed by atoms with Crippen molar-refractivity contribution >= 4 is 27.8 Å². The van der Waals surface area contributed by atoms with E-state index in [0.29, 0.717) is 48.1 Å². The molecule has 0 fully saturated rings. The van der Waals surface area contributed by atoms with Crippen LogP contribution in [0, 0.1) is 0 Å². The van der Waals surface area contributed by atoms with Gasteiger partial charge in [0, 0.05) is 26.7 Å². The number of halogens is 1. The van der Waals surface area contributed by atoms with Gasteiger partial charge in [-0.15, -0.1) is 0 Å². The van der Waals surface area contributed by atoms with E-state index in [1.165, 1.54) is 0 Å². The van der Waals surface area contributed by atoms with E-state index in [1.54, 1.807) is 11.0 Å². The minimum atomic E-state index is -0.132. The Morgan fingerprint density at radius 1 is 1.46 bits per heavy atom. The number of nitrogens with zero attached hydrogens (tertiary/aromatic N) is 4. The zero-order chi connectivity index (χ0) is 17.4. The van der Waals surface area contributed by atoms with Gasteiger partial charge in [0.05, 0.1) is 11.0 Å². The van der Waals surface area contributed by atoms with E-state index < -0.39 is 0 Å². The third kappa shape index (κ3) is 2.71. The second kappa shape index (κ2) is 6.35. The number of phenolic OH excluding ortho intramolecular Hbond substituents is 1. The van der Waals surface area contributed by atoms with Gasteiger partial charge in [0.2, 0.25) is 5.96 Å². The Kier molecular flexibility index (Phi) is 4.40. The molecule has 0 saturated carbocycles. The van der Waals surface area contributed by atoms with Gasteiger partial charge in [0.15, 0.2) is 0 Å². The molecule has 128 valence electrons. The van der Waals surface area contributed by atoms with E-state index in [9.17, 15) is 9.90 Å². The number of aromatic hydroxyl groups is 1. The molecule has 0 bridgehead atoms. The monoisotopic (exact) mass is 393 g/mol. The average molecular weight is 394 g/mol. The lowest BCUT2D eigenvalue weighted by Crippen LogP contribution is -2.54. The lowest BCUT2D eigenvalue weighted by molar-refractivity contribution is -0.126. The highest BCUT2D eigenvalue weighted by Gasteiger charge is 2.38. The van der Waals surface area contributed by atoms with Gasteiger partial charge in [-0.2, -0.15) is 0 Å². The molecular formula is C16H20BrN5O2. The van der Waals surface area contributed by atoms with Gasteiger partial charge < -0.3 is 15.7 Å². The fourth-order valence-corrected chi connectivity index (χ4v) is 3.42. The van der Waals surface area contributed by atoms with Crippen molar-refractivity contribution in [3.8, 4) is 5.75 Å². The van der Waals surface area contributed by atoms with Crippen LogP contribution in [0.4, 0.5) is 0 Å². The number of phenols is 1. The zero-order valence-corrected chi connectivity index (χ0v) is 15.2. The molecular weight excluding hydrogens is 374 g/mol. The highest BCUT2D eigenvalue weighted by Crippen LogP contribution is 2.27. The SMILES string of the molecule is CCN1C(=O)C(N(C)Cc2ccc(O)c(Br)c2)=C(N)N2CCN=C12. The molecule has 2 aliphatic rings. The molecule has 0 aliphatic carbocycles. The Bertz CT molecular complexity index is 746. The Morgan fingerprint density at radius 2 is 2.21 bits per heavy atom. The van der Waals surface area contributed by atoms with Gasteiger partial charge in [0.1, 0.15) is 17.3 Å². The number of aliphatic imine (C=N–C) groups is 1. The summed E-state index contributed by atoms with van der Waals surface area (Å²) in [5, 5.41) is 9.61. The number of guanidine groups is 1. The normalized spacial score (nSPS) is 17.3. The maximum absolute atomic E-state index is 12.9. The molecule has 0 unspecified atom stereocenters. The molecule has 2 heterocycles. The molecule has 0 atom stereocenters. The highest BCUT2D eigenvalue weighted by atomic mass is 79.9. The summed E-state index contributed by atoms with van der Waals surface area (Å²) in [4.78, 5) is 22.6. The third-order valence-electron chi connectivity index (χ3n) is 4.17. The molecule has 0 radical (unpaired) electrons. The van der Waals surface area contributed by atoms with Crippen LogP contribution >= 0.6 is 15.9 Å². The van der Waals surface area contributed by atoms with Crippen molar-refractivity contribution in [1.29, 1.82) is 0 Å². The van der Waals surface area contributed by atoms with E-state index in [-0.39, 0.29) is 11.7 Å². The van der Waals surface area contributed by atoms with Crippen LogP contribution in [0.5, 0.6) is 5.75 Å². The summed E-state index contributed by atoms with van der Waals surface area (Å²) in [6, 6.07) is 5.27. The molecule has 3 rings (SSSR count). The van der Waals surface area contributed by atoms with Gasteiger partial charge in [-0.3, -0.25) is 19.6 Å². The fraction of sp³-hybridized carbons (Fsp3) is 0.375. The van der Waals surface area contributed by atoms with Crippen molar-refractivity contribution in [2.24, 2.45) is 10.7 Å². The van der Waals surface area contributed by atoms with E-state index in [0.717, 1.165) is 5.56 Å². The molecule has 1 aromatic rings. The third-order valence-corrected chi connectivity index (χ3v) is 4.81. The fourth-order valence-electron chi connectivity index (χ4n) is 3.00. The number of benzene rings is 1. The number of carbonyl (C=O) groups is 1. The van der Waals surface area contributed by atoms with Crippen molar-refractivity contribution in [3.63, 3.8) is 0 Å². The molecule has 7 nitrogen and oxygen atoms in total. The second-order valence-electron chi connectivity index (χ2n) is 5.76. The molecule has 1 aromatic carbocycles. The van der Waals surface area contributed by atoms with Gasteiger partial charge in [-0.05, 0) is 40.5 Å². The van der Waals surface area contributed by atoms with Crippen LogP contribution in [0.1, 0.15) is 12.5 Å². The number of amides is 1. The summed E-state index contributed by atoms with van der Waals surface area (Å²) in [7, 11) is 1.84. The first-order chi connectivity index (χ1) is 11.4. The predicted octanol–water partition coefficient (Wildman–Crippen LogP) is 1.25. The summed E-state index contributed by atoms with van der Waals surface area (Å²) in [5.41, 5.74) is 7.70. The van der Waals surface area contributed by atoms with Gasteiger partial charge in [-0.25, -0.2) is 0 Å². The number of nitrogens with two attached hydrogens (primary N) is 1. The van der Waals surface area contributed by atoms with Crippen LogP contribution in [0.2, 0.25) is 0 Å². The number of fused-ring (bicyclic) bond motifs is 1. The van der Waals surface area contributed by atoms with E-state index in [2.05, 4.69) is 20.9 Å². The Morgan fingerprint density at radius 3 is 2.88 bits per heavy atom. The number of hydrogen-bond acceptors (Lipinski definition) is 6. The van der Waals surface area contributed by atoms with Gasteiger partial charge in [-0.1, -0.05) is 6.07 Å². The molecule has 0 aromatic heterocycles. The van der Waals surface area contributed by atoms with Crippen molar-refractivity contribution in [2.75, 3.05) is 26.7 Å². The number of likely N-dealkylation sites (N-methyl/N-ethyl adjacent to an activating group) is 2. The summed E-state index contributed by atoms with van der Waals surface area (Å²) < 4.78 is 0.620. The molecule has 3 N–H and O–H groups in total. The highest BCUT2D eigenvalue weighted by molar-refractivity contribution is 9.10. The van der Waals surface area contributed by atoms with Crippen LogP contribution < -0.4 is 5.73 Å². The van der Waals surface area contributed by atoms with Crippen LogP contribution in [-0.2, 0) is 11.3 Å². The van der Waals surface area contributed by atoms with E-state index in [4.69, 9.17) is 5.73 Å². The lowest BCUT2D eigenvalue weighted by atomic mass is 10.2. The van der Waals surface area contributed by atoms with Crippen LogP contribution in [0.3, 0.4) is 0 Å². The molecule has 0 spiro atoms. The first-order valence-corrected chi connectivity index (χ1v) is 8.55. The Balaban J connectivity index is 1.91. The molecule has 8 heteroatoms. The van der Waals surface area contributed by atoms with Crippen LogP contribution in [0.25, 0.3) is 0 Å². The van der Waals surface area contributed by atoms with Crippen LogP contribution in [0.15, 0.2) is 39.2 Å². The lowest BCUT2D eigenvalue weighted by Gasteiger charge is -2.38. The maximum Gasteiger partial charge on any atom is 0.280 e. The van der Waals surface area contributed by atoms with E-state index in [1.807, 2.05) is 35.9 Å². The van der Waals surface area contributed by atoms with Crippen molar-refractivity contribution in [2.45, 2.75) is 13.5 Å². The molecule has 2 aliphatic heterocycles. The summed E-state index contributed by atoms with van der Waals surface area (Å²) in [6.45, 7) is 4.30. The summed E-state index contributed by atoms with van der Waals surface area (Å²) in [6.07, 6.45) is 0. The van der Waals surface area contributed by atoms with Crippen LogP contribution in [-0.4, -0.2) is 58.4 Å². The smallest absolute Gasteiger partial charge is 0.280 e. The Labute approximate surface area is 149 Å². The zero-order valence-electron chi connectivity index (χ0n) is 13.7. The maximum atomic E-state index is 12.9. The minimum absolute atomic E-state index is 0.132. The predicted molar refractivity (Wildman–Crippen MR) is 94.9 cm³/mol. The molecule has 1 amide bonds. The number of carbonyl (C=O) groups excluding carboxylic acids is 1. The van der Waals surface area contributed by atoms with Gasteiger partial charge in [0.25, 0.3) is 5.91 Å². The minimum Gasteiger partial charge on any atom is -0.507 e. The largest absolute Gasteiger partial charge is 0.507 e. The van der Waals surface area contributed by atoms with Crippen molar-refractivity contribution in [3.05, 3.63) is 39.8 Å². The standard InChI is InChI=1S/C16H20BrN5O2/c1-3-21-15(24)13(14(18)22-7-6-19-16(21)22)20(2)9-10-4-5-12(23)11(17)8-10/h4-5,8,23H,3,6-7,9,18H2,1-2H3. The number of hydrogen-bond donors (Lipinski definition) is 2. The van der Waals surface area contributed by atoms with Crippen molar-refractivity contribution < 1.29 is 9.90 Å². The Hall–Kier alpha value is -2.22. The topological polar surface area (TPSA) is 85.4 Å².